The summed E-state index contributed by atoms with van der Waals surface area (Å²) in [6, 6.07) is 6.65. The number of hydrogen-bond acceptors (Lipinski definition) is 6. The molecular weight excluding hydrogens is 447 g/mol. The van der Waals surface area contributed by atoms with Crippen LogP contribution in [0.4, 0.5) is 15.8 Å². The molecule has 1 saturated heterocycles. The average Bonchev–Trinajstić information content (AvgIpc) is 3.16. The Bertz CT molecular complexity index is 984. The van der Waals surface area contributed by atoms with Crippen LogP contribution in [0.2, 0.25) is 4.34 Å². The van der Waals surface area contributed by atoms with Crippen LogP contribution in [0.3, 0.4) is 0 Å². The van der Waals surface area contributed by atoms with E-state index in [4.69, 9.17) is 16.3 Å². The van der Waals surface area contributed by atoms with E-state index in [1.165, 1.54) is 17.0 Å². The number of ether oxygens (including phenoxy) is 1. The van der Waals surface area contributed by atoms with E-state index in [1.54, 1.807) is 37.2 Å². The first-order valence-corrected chi connectivity index (χ1v) is 10.6. The van der Waals surface area contributed by atoms with Crippen molar-refractivity contribution >= 4 is 52.0 Å². The summed E-state index contributed by atoms with van der Waals surface area (Å²) in [7, 11) is 3.36. The van der Waals surface area contributed by atoms with Crippen LogP contribution in [-0.2, 0) is 14.3 Å². The van der Waals surface area contributed by atoms with Crippen LogP contribution in [0.5, 0.6) is 0 Å². The van der Waals surface area contributed by atoms with E-state index >= 15 is 0 Å². The third-order valence-electron chi connectivity index (χ3n) is 4.69. The quantitative estimate of drug-likeness (QED) is 0.650. The Morgan fingerprint density at radius 3 is 2.71 bits per heavy atom. The van der Waals surface area contributed by atoms with Gasteiger partial charge in [-0.2, -0.15) is 0 Å². The summed E-state index contributed by atoms with van der Waals surface area (Å²) in [4.78, 5) is 40.4. The Hall–Kier alpha value is -2.53. The number of nitrogens with zero attached hydrogens (tertiary/aromatic N) is 2. The largest absolute Gasteiger partial charge is 0.370 e. The lowest BCUT2D eigenvalue weighted by Gasteiger charge is -2.27. The molecule has 1 aliphatic heterocycles. The number of morpholine rings is 1. The third kappa shape index (κ3) is 5.79. The number of anilines is 2. The number of amides is 3. The summed E-state index contributed by atoms with van der Waals surface area (Å²) in [6.45, 7) is 0.685. The molecule has 0 bridgehead atoms. The molecule has 0 saturated carbocycles. The van der Waals surface area contributed by atoms with E-state index in [-0.39, 0.29) is 30.7 Å². The van der Waals surface area contributed by atoms with Gasteiger partial charge in [-0.05, 0) is 44.4 Å². The average molecular weight is 469 g/mol. The molecule has 2 heterocycles. The summed E-state index contributed by atoms with van der Waals surface area (Å²) in [6.07, 6.45) is 0. The monoisotopic (exact) mass is 468 g/mol. The Morgan fingerprint density at radius 1 is 1.32 bits per heavy atom. The van der Waals surface area contributed by atoms with E-state index in [0.717, 1.165) is 11.3 Å². The Labute approximate surface area is 187 Å². The summed E-state index contributed by atoms with van der Waals surface area (Å²) >= 11 is 6.98. The molecule has 11 heteroatoms. The molecule has 1 fully saturated rings. The first-order chi connectivity index (χ1) is 14.8. The van der Waals surface area contributed by atoms with E-state index < -0.39 is 17.8 Å². The molecule has 1 aromatic carbocycles. The number of hydrogen-bond donors (Lipinski definition) is 2. The van der Waals surface area contributed by atoms with Gasteiger partial charge >= 0.3 is 0 Å². The molecule has 1 atom stereocenters. The maximum absolute atomic E-state index is 14.6. The predicted molar refractivity (Wildman–Crippen MR) is 117 cm³/mol. The topological polar surface area (TPSA) is 91.0 Å². The van der Waals surface area contributed by atoms with Crippen molar-refractivity contribution in [2.45, 2.75) is 6.04 Å². The maximum Gasteiger partial charge on any atom is 0.261 e. The fourth-order valence-electron chi connectivity index (χ4n) is 3.00. The minimum absolute atomic E-state index is 0.0160. The third-order valence-corrected chi connectivity index (χ3v) is 5.92. The number of halogens is 2. The van der Waals surface area contributed by atoms with E-state index in [0.29, 0.717) is 28.1 Å². The second kappa shape index (κ2) is 10.2. The van der Waals surface area contributed by atoms with E-state index in [9.17, 15) is 18.8 Å². The zero-order valence-corrected chi connectivity index (χ0v) is 18.6. The lowest BCUT2D eigenvalue weighted by molar-refractivity contribution is -0.125. The number of rotatable bonds is 7. The van der Waals surface area contributed by atoms with Gasteiger partial charge in [0.1, 0.15) is 18.5 Å². The van der Waals surface area contributed by atoms with E-state index in [1.807, 2.05) is 0 Å². The lowest BCUT2D eigenvalue weighted by Crippen LogP contribution is -2.47. The number of nitrogens with one attached hydrogen (secondary N) is 2. The number of carbonyl (C=O) groups is 3. The van der Waals surface area contributed by atoms with Crippen molar-refractivity contribution in [3.05, 3.63) is 45.4 Å². The molecule has 2 N–H and O–H groups in total. The fourth-order valence-corrected chi connectivity index (χ4v) is 3.96. The summed E-state index contributed by atoms with van der Waals surface area (Å²) < 4.78 is 20.2. The predicted octanol–water partition coefficient (Wildman–Crippen LogP) is 2.20. The number of benzene rings is 1. The molecule has 1 aromatic heterocycles. The van der Waals surface area contributed by atoms with Crippen LogP contribution in [0.15, 0.2) is 30.3 Å². The summed E-state index contributed by atoms with van der Waals surface area (Å²) in [5, 5.41) is 5.24. The molecule has 8 nitrogen and oxygen atoms in total. The molecule has 3 amide bonds. The first kappa shape index (κ1) is 23.1. The normalized spacial score (nSPS) is 15.1. The molecule has 166 valence electrons. The van der Waals surface area contributed by atoms with Crippen LogP contribution in [0.25, 0.3) is 0 Å². The second-order valence-electron chi connectivity index (χ2n) is 7.04. The Morgan fingerprint density at radius 2 is 2.10 bits per heavy atom. The minimum Gasteiger partial charge on any atom is -0.370 e. The summed E-state index contributed by atoms with van der Waals surface area (Å²) in [5.41, 5.74) is 0.382. The van der Waals surface area contributed by atoms with Crippen LogP contribution >= 0.6 is 22.9 Å². The highest BCUT2D eigenvalue weighted by atomic mass is 35.5. The molecule has 0 aliphatic carbocycles. The zero-order chi connectivity index (χ0) is 22.5. The smallest absolute Gasteiger partial charge is 0.261 e. The van der Waals surface area contributed by atoms with Crippen molar-refractivity contribution in [3.8, 4) is 0 Å². The summed E-state index contributed by atoms with van der Waals surface area (Å²) in [5.74, 6) is -1.75. The molecule has 2 aromatic rings. The standard InChI is InChI=1S/C20H22ClFN4O4S/c1-25(2)15(10-23-20(29)16-5-6-17(21)31-16)19(28)24-14-4-3-12(9-13(14)22)26-7-8-30-11-18(26)27/h3-6,9,15H,7-8,10-11H2,1-2H3,(H,23,29)(H,24,28)/t15-/m1/s1. The van der Waals surface area contributed by atoms with Gasteiger partial charge in [0.2, 0.25) is 5.91 Å². The van der Waals surface area contributed by atoms with Crippen molar-refractivity contribution in [1.29, 1.82) is 0 Å². The molecular formula is C20H22ClFN4O4S. The molecule has 3 rings (SSSR count). The van der Waals surface area contributed by atoms with Crippen molar-refractivity contribution in [2.24, 2.45) is 0 Å². The van der Waals surface area contributed by atoms with E-state index in [2.05, 4.69) is 10.6 Å². The van der Waals surface area contributed by atoms with Gasteiger partial charge < -0.3 is 20.3 Å². The Balaban J connectivity index is 1.64. The number of likely N-dealkylation sites (N-methyl/N-ethyl adjacent to an activating group) is 1. The molecule has 0 unspecified atom stereocenters. The van der Waals surface area contributed by atoms with Crippen LogP contribution in [0.1, 0.15) is 9.67 Å². The van der Waals surface area contributed by atoms with Crippen LogP contribution in [-0.4, -0.2) is 69.1 Å². The van der Waals surface area contributed by atoms with Gasteiger partial charge in [-0.25, -0.2) is 4.39 Å². The lowest BCUT2D eigenvalue weighted by atomic mass is 10.2. The SMILES string of the molecule is CN(C)[C@H](CNC(=O)c1ccc(Cl)s1)C(=O)Nc1ccc(N2CCOCC2=O)cc1F. The highest BCUT2D eigenvalue weighted by molar-refractivity contribution is 7.18. The zero-order valence-electron chi connectivity index (χ0n) is 17.0. The van der Waals surface area contributed by atoms with Gasteiger partial charge in [-0.1, -0.05) is 11.6 Å². The van der Waals surface area contributed by atoms with Gasteiger partial charge in [-0.15, -0.1) is 11.3 Å². The molecule has 0 spiro atoms. The highest BCUT2D eigenvalue weighted by Gasteiger charge is 2.25. The molecule has 1 aliphatic rings. The minimum atomic E-state index is -0.737. The Kier molecular flexibility index (Phi) is 7.60. The van der Waals surface area contributed by atoms with Crippen molar-refractivity contribution < 1.29 is 23.5 Å². The molecule has 31 heavy (non-hydrogen) atoms. The van der Waals surface area contributed by atoms with Crippen LogP contribution < -0.4 is 15.5 Å². The fraction of sp³-hybridized carbons (Fsp3) is 0.350. The van der Waals surface area contributed by atoms with Crippen molar-refractivity contribution in [1.82, 2.24) is 10.2 Å². The maximum atomic E-state index is 14.6. The van der Waals surface area contributed by atoms with Crippen molar-refractivity contribution in [3.63, 3.8) is 0 Å². The second-order valence-corrected chi connectivity index (χ2v) is 8.76. The molecule has 0 radical (unpaired) electrons. The van der Waals surface area contributed by atoms with Gasteiger partial charge in [0.15, 0.2) is 0 Å². The van der Waals surface area contributed by atoms with Gasteiger partial charge in [0.05, 0.1) is 21.5 Å². The van der Waals surface area contributed by atoms with Gasteiger partial charge in [0, 0.05) is 18.8 Å². The van der Waals surface area contributed by atoms with Crippen molar-refractivity contribution in [2.75, 3.05) is 50.6 Å². The number of thiophene rings is 1. The van der Waals surface area contributed by atoms with Gasteiger partial charge in [-0.3, -0.25) is 19.3 Å². The van der Waals surface area contributed by atoms with Gasteiger partial charge in [0.25, 0.3) is 11.8 Å². The highest BCUT2D eigenvalue weighted by Crippen LogP contribution is 2.24. The number of carbonyl (C=O) groups excluding carboxylic acids is 3. The van der Waals surface area contributed by atoms with Crippen LogP contribution in [0, 0.1) is 5.82 Å². The first-order valence-electron chi connectivity index (χ1n) is 9.44.